The van der Waals surface area contributed by atoms with Gasteiger partial charge in [-0.25, -0.2) is 4.79 Å². The van der Waals surface area contributed by atoms with E-state index < -0.39 is 29.0 Å². The molecule has 260 valence electrons. The fourth-order valence-electron chi connectivity index (χ4n) is 7.21. The van der Waals surface area contributed by atoms with E-state index in [1.54, 1.807) is 56.3 Å². The molecular formula is C39H38O11. The second-order valence-corrected chi connectivity index (χ2v) is 12.1. The molecule has 0 bridgehead atoms. The molecule has 0 saturated carbocycles. The highest BCUT2D eigenvalue weighted by Gasteiger charge is 2.33. The predicted molar refractivity (Wildman–Crippen MR) is 191 cm³/mol. The van der Waals surface area contributed by atoms with Gasteiger partial charge in [0, 0.05) is 57.6 Å². The van der Waals surface area contributed by atoms with Gasteiger partial charge in [0.2, 0.25) is 10.9 Å². The van der Waals surface area contributed by atoms with E-state index in [1.165, 1.54) is 42.7 Å². The van der Waals surface area contributed by atoms with Crippen LogP contribution in [0.3, 0.4) is 0 Å². The van der Waals surface area contributed by atoms with Crippen LogP contribution in [-0.2, 0) is 17.6 Å². The number of hydrogen-bond acceptors (Lipinski definition) is 11. The first-order chi connectivity index (χ1) is 24.1. The molecule has 0 spiro atoms. The molecule has 6 rings (SSSR count). The van der Waals surface area contributed by atoms with Crippen LogP contribution in [-0.4, -0.2) is 65.9 Å². The SMILES string of the molecule is COc1c(C[C@@H](C)OC(=O)c2ccccc2)c2c3c(C[C@@H](C)O)c(OC)c(=O)c4c(OC)cc(OC)c(c5c(OC)cc(OC)c(c1=O)c52)c43. The second kappa shape index (κ2) is 13.4. The lowest BCUT2D eigenvalue weighted by Crippen LogP contribution is -2.21. The molecule has 0 aliphatic carbocycles. The fraction of sp³-hybridized carbons (Fsp3) is 0.308. The average Bonchev–Trinajstić information content (AvgIpc) is 3.11. The van der Waals surface area contributed by atoms with Gasteiger partial charge in [-0.2, -0.15) is 0 Å². The standard InChI is InChI=1S/C39H38O11/c1-18(40)14-21-27-28-22(15-19(2)50-39(43)20-12-10-9-11-13-20)38(49-8)36(42)32-26(47-6)17-24(45-4)30(34(28)32)29-23(44-3)16-25(46-5)31(33(27)29)35(41)37(21)48-7/h9-13,16-19,40H,14-15H2,1-8H3/t18-,19-/m1/s1. The van der Waals surface area contributed by atoms with E-state index in [2.05, 4.69) is 0 Å². The van der Waals surface area contributed by atoms with Gasteiger partial charge in [-0.3, -0.25) is 9.59 Å². The van der Waals surface area contributed by atoms with Crippen LogP contribution in [0, 0.1) is 0 Å². The van der Waals surface area contributed by atoms with Gasteiger partial charge in [0.1, 0.15) is 29.1 Å². The van der Waals surface area contributed by atoms with Crippen molar-refractivity contribution in [2.24, 2.45) is 0 Å². The van der Waals surface area contributed by atoms with Gasteiger partial charge < -0.3 is 38.3 Å². The van der Waals surface area contributed by atoms with Gasteiger partial charge in [0.15, 0.2) is 11.5 Å². The maximum Gasteiger partial charge on any atom is 0.338 e. The summed E-state index contributed by atoms with van der Waals surface area (Å²) >= 11 is 0. The molecule has 0 saturated heterocycles. The zero-order chi connectivity index (χ0) is 36.0. The van der Waals surface area contributed by atoms with Crippen molar-refractivity contribution in [3.63, 3.8) is 0 Å². The van der Waals surface area contributed by atoms with E-state index in [0.29, 0.717) is 60.5 Å². The lowest BCUT2D eigenvalue weighted by Gasteiger charge is -2.26. The number of aliphatic hydroxyl groups excluding tert-OH is 1. The van der Waals surface area contributed by atoms with Crippen molar-refractivity contribution in [1.82, 2.24) is 0 Å². The summed E-state index contributed by atoms with van der Waals surface area (Å²) in [5.74, 6) is 0.654. The molecule has 0 fully saturated rings. The lowest BCUT2D eigenvalue weighted by molar-refractivity contribution is 0.0342. The minimum Gasteiger partial charge on any atom is -0.496 e. The van der Waals surface area contributed by atoms with E-state index in [1.807, 2.05) is 0 Å². The van der Waals surface area contributed by atoms with Gasteiger partial charge in [0.05, 0.1) is 65.1 Å². The van der Waals surface area contributed by atoms with Crippen molar-refractivity contribution in [3.05, 3.63) is 79.6 Å². The maximum atomic E-state index is 14.6. The molecule has 0 aromatic heterocycles. The topological polar surface area (TPSA) is 136 Å². The zero-order valence-corrected chi connectivity index (χ0v) is 29.1. The third-order valence-electron chi connectivity index (χ3n) is 9.13. The van der Waals surface area contributed by atoms with Gasteiger partial charge >= 0.3 is 5.97 Å². The third kappa shape index (κ3) is 5.20. The Labute approximate surface area is 287 Å². The van der Waals surface area contributed by atoms with Crippen molar-refractivity contribution >= 4 is 49.1 Å². The highest BCUT2D eigenvalue weighted by Crippen LogP contribution is 2.53. The Morgan fingerprint density at radius 3 is 1.40 bits per heavy atom. The Morgan fingerprint density at radius 2 is 1.00 bits per heavy atom. The molecule has 6 aromatic carbocycles. The smallest absolute Gasteiger partial charge is 0.338 e. The van der Waals surface area contributed by atoms with Gasteiger partial charge in [-0.15, -0.1) is 0 Å². The number of carbonyl (C=O) groups is 1. The molecular weight excluding hydrogens is 644 g/mol. The summed E-state index contributed by atoms with van der Waals surface area (Å²) in [5.41, 5.74) is 0.281. The van der Waals surface area contributed by atoms with Crippen LogP contribution in [0.4, 0.5) is 0 Å². The predicted octanol–water partition coefficient (Wildman–Crippen LogP) is 5.66. The number of aliphatic hydroxyl groups is 1. The molecule has 2 atom stereocenters. The Kier molecular flexibility index (Phi) is 9.19. The molecule has 0 radical (unpaired) electrons. The van der Waals surface area contributed by atoms with Crippen molar-refractivity contribution in [3.8, 4) is 34.5 Å². The van der Waals surface area contributed by atoms with Crippen LogP contribution in [0.1, 0.15) is 35.3 Å². The minimum absolute atomic E-state index is 0.00384. The van der Waals surface area contributed by atoms with Crippen LogP contribution >= 0.6 is 0 Å². The first-order valence-electron chi connectivity index (χ1n) is 16.0. The number of rotatable bonds is 12. The third-order valence-corrected chi connectivity index (χ3v) is 9.13. The number of ether oxygens (including phenoxy) is 7. The highest BCUT2D eigenvalue weighted by atomic mass is 16.5. The molecule has 0 aliphatic rings. The Morgan fingerprint density at radius 1 is 0.580 bits per heavy atom. The van der Waals surface area contributed by atoms with Crippen molar-refractivity contribution < 1.29 is 43.1 Å². The minimum atomic E-state index is -0.903. The van der Waals surface area contributed by atoms with E-state index in [-0.39, 0.29) is 46.6 Å². The summed E-state index contributed by atoms with van der Waals surface area (Å²) in [6.45, 7) is 3.34. The van der Waals surface area contributed by atoms with E-state index in [0.717, 1.165) is 0 Å². The van der Waals surface area contributed by atoms with E-state index >= 15 is 0 Å². The number of methoxy groups -OCH3 is 6. The highest BCUT2D eigenvalue weighted by molar-refractivity contribution is 6.38. The largest absolute Gasteiger partial charge is 0.496 e. The summed E-state index contributed by atoms with van der Waals surface area (Å²) in [6.07, 6.45) is -1.60. The lowest BCUT2D eigenvalue weighted by atomic mass is 9.81. The van der Waals surface area contributed by atoms with Crippen molar-refractivity contribution in [1.29, 1.82) is 0 Å². The molecule has 0 aliphatic heterocycles. The molecule has 50 heavy (non-hydrogen) atoms. The molecule has 6 aromatic rings. The monoisotopic (exact) mass is 682 g/mol. The Balaban J connectivity index is 1.92. The van der Waals surface area contributed by atoms with Gasteiger partial charge in [-0.1, -0.05) is 18.2 Å². The summed E-state index contributed by atoms with van der Waals surface area (Å²) in [6, 6.07) is 11.8. The molecule has 1 N–H and O–H groups in total. The van der Waals surface area contributed by atoms with Gasteiger partial charge in [-0.05, 0) is 36.8 Å². The summed E-state index contributed by atoms with van der Waals surface area (Å²) in [7, 11) is 8.69. The normalized spacial score (nSPS) is 12.7. The first-order valence-corrected chi connectivity index (χ1v) is 16.0. The second-order valence-electron chi connectivity index (χ2n) is 12.1. The summed E-state index contributed by atoms with van der Waals surface area (Å²) in [4.78, 5) is 42.1. The molecule has 11 nitrogen and oxygen atoms in total. The Hall–Kier alpha value is -5.55. The molecule has 0 heterocycles. The number of benzene rings is 6. The quantitative estimate of drug-likeness (QED) is 0.0973. The van der Waals surface area contributed by atoms with E-state index in [4.69, 9.17) is 33.2 Å². The van der Waals surface area contributed by atoms with Gasteiger partial charge in [0.25, 0.3) is 0 Å². The van der Waals surface area contributed by atoms with Crippen LogP contribution < -0.4 is 39.3 Å². The summed E-state index contributed by atoms with van der Waals surface area (Å²) < 4.78 is 41.1. The van der Waals surface area contributed by atoms with Crippen molar-refractivity contribution in [2.75, 3.05) is 42.7 Å². The van der Waals surface area contributed by atoms with Crippen molar-refractivity contribution in [2.45, 2.75) is 38.9 Å². The number of fused-ring (bicyclic) bond motifs is 2. The van der Waals surface area contributed by atoms with Crippen LogP contribution in [0.15, 0.2) is 52.1 Å². The van der Waals surface area contributed by atoms with Crippen LogP contribution in [0.2, 0.25) is 0 Å². The average molecular weight is 683 g/mol. The first kappa shape index (κ1) is 34.3. The zero-order valence-electron chi connectivity index (χ0n) is 29.1. The maximum absolute atomic E-state index is 14.6. The molecule has 11 heteroatoms. The number of esters is 1. The number of hydrogen-bond donors (Lipinski definition) is 1. The van der Waals surface area contributed by atoms with E-state index in [9.17, 15) is 19.5 Å². The molecule has 0 unspecified atom stereocenters. The summed E-state index contributed by atoms with van der Waals surface area (Å²) in [5, 5.41) is 14.1. The van der Waals surface area contributed by atoms with Crippen LogP contribution in [0.5, 0.6) is 34.5 Å². The fourth-order valence-corrected chi connectivity index (χ4v) is 7.21. The van der Waals surface area contributed by atoms with Crippen LogP contribution in [0.25, 0.3) is 43.1 Å². The number of carbonyl (C=O) groups excluding carboxylic acids is 1. The Bertz CT molecular complexity index is 2370. The molecule has 0 amide bonds.